The monoisotopic (exact) mass is 304 g/mol. The second-order valence-electron chi connectivity index (χ2n) is 5.36. The van der Waals surface area contributed by atoms with Gasteiger partial charge < -0.3 is 5.32 Å². The van der Waals surface area contributed by atoms with Crippen LogP contribution in [-0.4, -0.2) is 14.8 Å². The third kappa shape index (κ3) is 3.66. The average molecular weight is 304 g/mol. The molecule has 0 saturated carbocycles. The van der Waals surface area contributed by atoms with Crippen molar-refractivity contribution in [2.24, 2.45) is 0 Å². The summed E-state index contributed by atoms with van der Waals surface area (Å²) < 4.78 is 2.04. The van der Waals surface area contributed by atoms with Crippen LogP contribution >= 0.6 is 0 Å². The van der Waals surface area contributed by atoms with E-state index >= 15 is 0 Å². The third-order valence-electron chi connectivity index (χ3n) is 3.69. The van der Waals surface area contributed by atoms with E-state index in [9.17, 15) is 0 Å². The number of nitrogens with zero attached hydrogens (tertiary/aromatic N) is 3. The highest BCUT2D eigenvalue weighted by Crippen LogP contribution is 2.18. The molecule has 0 aliphatic rings. The van der Waals surface area contributed by atoms with Crippen LogP contribution in [0.2, 0.25) is 0 Å². The van der Waals surface area contributed by atoms with E-state index in [4.69, 9.17) is 0 Å². The molecule has 0 saturated heterocycles. The lowest BCUT2D eigenvalue weighted by Gasteiger charge is -2.07. The van der Waals surface area contributed by atoms with E-state index in [0.717, 1.165) is 30.0 Å². The Morgan fingerprint density at radius 2 is 2.00 bits per heavy atom. The quantitative estimate of drug-likeness (QED) is 0.749. The fourth-order valence-electron chi connectivity index (χ4n) is 2.46. The number of rotatable bonds is 6. The van der Waals surface area contributed by atoms with Gasteiger partial charge in [0.15, 0.2) is 5.82 Å². The molecule has 1 N–H and O–H groups in total. The van der Waals surface area contributed by atoms with Crippen molar-refractivity contribution in [2.45, 2.75) is 19.9 Å². The first-order chi connectivity index (χ1) is 11.3. The zero-order valence-electron chi connectivity index (χ0n) is 13.2. The maximum atomic E-state index is 4.67. The molecule has 0 spiro atoms. The SMILES string of the molecule is C=C(Nc1cc(CC)n(Cc2ccccc2)n1)c1cccnc1. The first kappa shape index (κ1) is 15.0. The average Bonchev–Trinajstić information content (AvgIpc) is 2.98. The summed E-state index contributed by atoms with van der Waals surface area (Å²) in [4.78, 5) is 4.12. The third-order valence-corrected chi connectivity index (χ3v) is 3.69. The lowest BCUT2D eigenvalue weighted by Crippen LogP contribution is -2.06. The van der Waals surface area contributed by atoms with Crippen LogP contribution in [0.1, 0.15) is 23.7 Å². The van der Waals surface area contributed by atoms with Crippen molar-refractivity contribution in [2.75, 3.05) is 5.32 Å². The number of hydrogen-bond acceptors (Lipinski definition) is 3. The van der Waals surface area contributed by atoms with Crippen LogP contribution in [0.4, 0.5) is 5.82 Å². The van der Waals surface area contributed by atoms with Crippen LogP contribution < -0.4 is 5.32 Å². The lowest BCUT2D eigenvalue weighted by atomic mass is 10.2. The number of pyridine rings is 1. The molecule has 0 amide bonds. The predicted octanol–water partition coefficient (Wildman–Crippen LogP) is 3.97. The molecular formula is C19H20N4. The standard InChI is InChI=1S/C19H20N4/c1-3-18-12-19(21-15(2)17-10-7-11-20-13-17)22-23(18)14-16-8-5-4-6-9-16/h4-13H,2-3,14H2,1H3,(H,21,22). The Bertz CT molecular complexity index is 776. The van der Waals surface area contributed by atoms with Gasteiger partial charge in [-0.2, -0.15) is 5.10 Å². The van der Waals surface area contributed by atoms with Crippen molar-refractivity contribution in [3.05, 3.63) is 84.3 Å². The van der Waals surface area contributed by atoms with Crippen LogP contribution in [0.5, 0.6) is 0 Å². The second-order valence-corrected chi connectivity index (χ2v) is 5.36. The summed E-state index contributed by atoms with van der Waals surface area (Å²) in [5.74, 6) is 0.812. The maximum absolute atomic E-state index is 4.67. The lowest BCUT2D eigenvalue weighted by molar-refractivity contribution is 0.652. The van der Waals surface area contributed by atoms with Crippen LogP contribution in [0.15, 0.2) is 67.5 Å². The van der Waals surface area contributed by atoms with Crippen LogP contribution in [0.25, 0.3) is 5.70 Å². The van der Waals surface area contributed by atoms with Crippen LogP contribution in [-0.2, 0) is 13.0 Å². The number of benzene rings is 1. The highest BCUT2D eigenvalue weighted by atomic mass is 15.3. The van der Waals surface area contributed by atoms with Crippen molar-refractivity contribution < 1.29 is 0 Å². The number of anilines is 1. The summed E-state index contributed by atoms with van der Waals surface area (Å²) in [6.07, 6.45) is 4.47. The van der Waals surface area contributed by atoms with Crippen molar-refractivity contribution in [3.8, 4) is 0 Å². The van der Waals surface area contributed by atoms with Gasteiger partial charge in [-0.25, -0.2) is 0 Å². The van der Waals surface area contributed by atoms with Gasteiger partial charge in [0.1, 0.15) is 0 Å². The first-order valence-electron chi connectivity index (χ1n) is 7.73. The van der Waals surface area contributed by atoms with Gasteiger partial charge in [0.25, 0.3) is 0 Å². The molecule has 0 atom stereocenters. The van der Waals surface area contributed by atoms with Gasteiger partial charge in [-0.1, -0.05) is 43.8 Å². The molecule has 0 aliphatic heterocycles. The Hall–Kier alpha value is -2.88. The smallest absolute Gasteiger partial charge is 0.152 e. The van der Waals surface area contributed by atoms with Crippen LogP contribution in [0, 0.1) is 0 Å². The van der Waals surface area contributed by atoms with Crippen molar-refractivity contribution >= 4 is 11.5 Å². The van der Waals surface area contributed by atoms with Crippen molar-refractivity contribution in [1.82, 2.24) is 14.8 Å². The molecule has 3 aromatic rings. The Balaban J connectivity index is 1.78. The van der Waals surface area contributed by atoms with E-state index in [1.54, 1.807) is 12.4 Å². The largest absolute Gasteiger partial charge is 0.339 e. The molecule has 2 heterocycles. The van der Waals surface area contributed by atoms with E-state index < -0.39 is 0 Å². The molecule has 1 aromatic carbocycles. The fraction of sp³-hybridized carbons (Fsp3) is 0.158. The highest BCUT2D eigenvalue weighted by Gasteiger charge is 2.08. The highest BCUT2D eigenvalue weighted by molar-refractivity contribution is 5.73. The second kappa shape index (κ2) is 6.92. The minimum absolute atomic E-state index is 0.769. The van der Waals surface area contributed by atoms with Crippen molar-refractivity contribution in [3.63, 3.8) is 0 Å². The zero-order chi connectivity index (χ0) is 16.1. The summed E-state index contributed by atoms with van der Waals surface area (Å²) in [5.41, 5.74) is 4.19. The molecule has 0 unspecified atom stereocenters. The molecule has 0 fully saturated rings. The van der Waals surface area contributed by atoms with Gasteiger partial charge in [-0.15, -0.1) is 0 Å². The van der Waals surface area contributed by atoms with Gasteiger partial charge >= 0.3 is 0 Å². The number of hydrogen-bond donors (Lipinski definition) is 1. The summed E-state index contributed by atoms with van der Waals surface area (Å²) in [6.45, 7) is 6.97. The zero-order valence-corrected chi connectivity index (χ0v) is 13.2. The fourth-order valence-corrected chi connectivity index (χ4v) is 2.46. The summed E-state index contributed by atoms with van der Waals surface area (Å²) in [7, 11) is 0. The first-order valence-corrected chi connectivity index (χ1v) is 7.73. The molecule has 0 bridgehead atoms. The van der Waals surface area contributed by atoms with E-state index in [0.29, 0.717) is 0 Å². The van der Waals surface area contributed by atoms with E-state index in [-0.39, 0.29) is 0 Å². The summed E-state index contributed by atoms with van der Waals surface area (Å²) in [6, 6.07) is 16.3. The molecule has 4 nitrogen and oxygen atoms in total. The molecule has 3 rings (SSSR count). The number of nitrogens with one attached hydrogen (secondary N) is 1. The number of aromatic nitrogens is 3. The van der Waals surface area contributed by atoms with Gasteiger partial charge in [0.05, 0.1) is 6.54 Å². The molecule has 4 heteroatoms. The Kier molecular flexibility index (Phi) is 4.52. The van der Waals surface area contributed by atoms with E-state index in [2.05, 4.69) is 47.1 Å². The predicted molar refractivity (Wildman–Crippen MR) is 94.0 cm³/mol. The van der Waals surface area contributed by atoms with Gasteiger partial charge in [-0.05, 0) is 24.1 Å². The Labute approximate surface area is 136 Å². The van der Waals surface area contributed by atoms with E-state index in [1.807, 2.05) is 35.0 Å². The summed E-state index contributed by atoms with van der Waals surface area (Å²) >= 11 is 0. The molecule has 23 heavy (non-hydrogen) atoms. The van der Waals surface area contributed by atoms with Crippen LogP contribution in [0.3, 0.4) is 0 Å². The normalized spacial score (nSPS) is 10.5. The molecule has 0 radical (unpaired) electrons. The van der Waals surface area contributed by atoms with Crippen molar-refractivity contribution in [1.29, 1.82) is 0 Å². The van der Waals surface area contributed by atoms with Gasteiger partial charge in [-0.3, -0.25) is 9.67 Å². The minimum Gasteiger partial charge on any atom is -0.339 e. The Morgan fingerprint density at radius 1 is 1.17 bits per heavy atom. The van der Waals surface area contributed by atoms with Gasteiger partial charge in [0.2, 0.25) is 0 Å². The minimum atomic E-state index is 0.769. The topological polar surface area (TPSA) is 42.7 Å². The molecule has 116 valence electrons. The molecule has 0 aliphatic carbocycles. The van der Waals surface area contributed by atoms with Gasteiger partial charge in [0, 0.05) is 35.4 Å². The molecule has 2 aromatic heterocycles. The maximum Gasteiger partial charge on any atom is 0.152 e. The molecular weight excluding hydrogens is 284 g/mol. The van der Waals surface area contributed by atoms with E-state index in [1.165, 1.54) is 11.3 Å². The Morgan fingerprint density at radius 3 is 2.70 bits per heavy atom. The number of aryl methyl sites for hydroxylation is 1. The summed E-state index contributed by atoms with van der Waals surface area (Å²) in [5, 5.41) is 7.94.